The van der Waals surface area contributed by atoms with Crippen molar-refractivity contribution in [2.75, 3.05) is 26.2 Å². The fourth-order valence-electron chi connectivity index (χ4n) is 3.26. The van der Waals surface area contributed by atoms with Gasteiger partial charge in [-0.2, -0.15) is 0 Å². The average molecular weight is 401 g/mol. The van der Waals surface area contributed by atoms with Crippen LogP contribution in [-0.4, -0.2) is 53.0 Å². The van der Waals surface area contributed by atoms with Gasteiger partial charge in [-0.05, 0) is 42.8 Å². The Kier molecular flexibility index (Phi) is 6.73. The normalized spacial score (nSPS) is 14.9. The van der Waals surface area contributed by atoms with Crippen molar-refractivity contribution < 1.29 is 14.0 Å². The van der Waals surface area contributed by atoms with Crippen molar-refractivity contribution in [3.8, 4) is 0 Å². The number of rotatable bonds is 4. The van der Waals surface area contributed by atoms with Gasteiger partial charge in [0.15, 0.2) is 0 Å². The minimum absolute atomic E-state index is 0.0266. The molecule has 4 nitrogen and oxygen atoms in total. The molecule has 0 spiro atoms. The van der Waals surface area contributed by atoms with Gasteiger partial charge in [-0.3, -0.25) is 9.59 Å². The van der Waals surface area contributed by atoms with Crippen molar-refractivity contribution in [2.45, 2.75) is 30.4 Å². The molecule has 6 heteroatoms. The molecule has 0 radical (unpaired) electrons. The van der Waals surface area contributed by atoms with Crippen LogP contribution in [0.25, 0.3) is 0 Å². The van der Waals surface area contributed by atoms with Crippen molar-refractivity contribution in [3.63, 3.8) is 0 Å². The Morgan fingerprint density at radius 1 is 0.893 bits per heavy atom. The Balaban J connectivity index is 1.64. The van der Waals surface area contributed by atoms with Gasteiger partial charge in [0.1, 0.15) is 5.82 Å². The first kappa shape index (κ1) is 20.4. The Morgan fingerprint density at radius 2 is 1.50 bits per heavy atom. The molecule has 1 heterocycles. The van der Waals surface area contributed by atoms with Gasteiger partial charge in [0.2, 0.25) is 0 Å². The molecule has 148 valence electrons. The highest BCUT2D eigenvalue weighted by Crippen LogP contribution is 2.23. The fraction of sp³-hybridized carbons (Fsp3) is 0.364. The average Bonchev–Trinajstić information content (AvgIpc) is 2.94. The second kappa shape index (κ2) is 9.24. The number of nitrogens with zero attached hydrogens (tertiary/aromatic N) is 2. The van der Waals surface area contributed by atoms with Crippen molar-refractivity contribution in [2.24, 2.45) is 0 Å². The molecular weight excluding hydrogens is 375 g/mol. The molecule has 28 heavy (non-hydrogen) atoms. The third-order valence-electron chi connectivity index (χ3n) is 4.65. The van der Waals surface area contributed by atoms with Crippen LogP contribution in [0.1, 0.15) is 41.0 Å². The lowest BCUT2D eigenvalue weighted by molar-refractivity contribution is 0.0716. The first-order valence-electron chi connectivity index (χ1n) is 9.55. The molecule has 1 saturated heterocycles. The quantitative estimate of drug-likeness (QED) is 0.718. The van der Waals surface area contributed by atoms with Crippen LogP contribution in [0.15, 0.2) is 53.4 Å². The summed E-state index contributed by atoms with van der Waals surface area (Å²) < 4.78 is 13.9. The molecule has 0 N–H and O–H groups in total. The molecule has 0 aromatic heterocycles. The van der Waals surface area contributed by atoms with Gasteiger partial charge in [0.25, 0.3) is 11.8 Å². The lowest BCUT2D eigenvalue weighted by Gasteiger charge is -2.22. The Hall–Kier alpha value is -2.34. The van der Waals surface area contributed by atoms with E-state index in [1.54, 1.807) is 33.7 Å². The monoisotopic (exact) mass is 400 g/mol. The summed E-state index contributed by atoms with van der Waals surface area (Å²) in [6.45, 7) is 6.22. The van der Waals surface area contributed by atoms with Crippen molar-refractivity contribution >= 4 is 23.6 Å². The number of benzene rings is 2. The van der Waals surface area contributed by atoms with Gasteiger partial charge in [-0.25, -0.2) is 4.39 Å². The molecule has 2 amide bonds. The lowest BCUT2D eigenvalue weighted by Crippen LogP contribution is -2.37. The summed E-state index contributed by atoms with van der Waals surface area (Å²) in [4.78, 5) is 30.0. The standard InChI is InChI=1S/C22H25FN2O2S/c1-16(2)28-18-10-8-17(9-11-18)21(26)24-12-5-13-25(15-14-24)22(27)19-6-3-4-7-20(19)23/h3-4,6-11,16H,5,12-15H2,1-2H3. The van der Waals surface area contributed by atoms with Crippen molar-refractivity contribution in [3.05, 3.63) is 65.5 Å². The fourth-order valence-corrected chi connectivity index (χ4v) is 4.10. The second-order valence-electron chi connectivity index (χ2n) is 7.11. The van der Waals surface area contributed by atoms with Crippen LogP contribution in [-0.2, 0) is 0 Å². The van der Waals surface area contributed by atoms with Crippen molar-refractivity contribution in [1.29, 1.82) is 0 Å². The van der Waals surface area contributed by atoms with E-state index in [-0.39, 0.29) is 17.4 Å². The number of halogens is 1. The maximum absolute atomic E-state index is 13.9. The minimum atomic E-state index is -0.510. The number of hydrogen-bond donors (Lipinski definition) is 0. The zero-order valence-electron chi connectivity index (χ0n) is 16.2. The van der Waals surface area contributed by atoms with E-state index >= 15 is 0 Å². The van der Waals surface area contributed by atoms with Crippen LogP contribution in [0.5, 0.6) is 0 Å². The zero-order chi connectivity index (χ0) is 20.1. The molecule has 0 unspecified atom stereocenters. The largest absolute Gasteiger partial charge is 0.337 e. The van der Waals surface area contributed by atoms with Crippen LogP contribution in [0, 0.1) is 5.82 Å². The summed E-state index contributed by atoms with van der Waals surface area (Å²) in [5.74, 6) is -0.854. The number of thioether (sulfide) groups is 1. The van der Waals surface area contributed by atoms with Gasteiger partial charge in [-0.1, -0.05) is 26.0 Å². The van der Waals surface area contributed by atoms with Crippen LogP contribution in [0.4, 0.5) is 4.39 Å². The first-order chi connectivity index (χ1) is 13.5. The molecule has 0 aliphatic carbocycles. The molecular formula is C22H25FN2O2S. The number of hydrogen-bond acceptors (Lipinski definition) is 3. The van der Waals surface area contributed by atoms with E-state index in [4.69, 9.17) is 0 Å². The van der Waals surface area contributed by atoms with E-state index in [9.17, 15) is 14.0 Å². The lowest BCUT2D eigenvalue weighted by atomic mass is 10.2. The maximum atomic E-state index is 13.9. The molecule has 2 aromatic carbocycles. The topological polar surface area (TPSA) is 40.6 Å². The van der Waals surface area contributed by atoms with E-state index < -0.39 is 5.82 Å². The molecule has 0 atom stereocenters. The van der Waals surface area contributed by atoms with E-state index in [0.717, 1.165) is 4.90 Å². The van der Waals surface area contributed by atoms with E-state index in [1.165, 1.54) is 12.1 Å². The highest BCUT2D eigenvalue weighted by atomic mass is 32.2. The predicted octanol–water partition coefficient (Wildman–Crippen LogP) is 4.31. The molecule has 0 saturated carbocycles. The summed E-state index contributed by atoms with van der Waals surface area (Å²) in [5, 5.41) is 0.491. The van der Waals surface area contributed by atoms with Crippen LogP contribution < -0.4 is 0 Å². The smallest absolute Gasteiger partial charge is 0.256 e. The molecule has 0 bridgehead atoms. The van der Waals surface area contributed by atoms with Crippen molar-refractivity contribution in [1.82, 2.24) is 9.80 Å². The van der Waals surface area contributed by atoms with Crippen LogP contribution in [0.2, 0.25) is 0 Å². The zero-order valence-corrected chi connectivity index (χ0v) is 17.0. The minimum Gasteiger partial charge on any atom is -0.337 e. The summed E-state index contributed by atoms with van der Waals surface area (Å²) in [7, 11) is 0. The summed E-state index contributed by atoms with van der Waals surface area (Å²) in [6.07, 6.45) is 0.674. The maximum Gasteiger partial charge on any atom is 0.256 e. The SMILES string of the molecule is CC(C)Sc1ccc(C(=O)N2CCCN(C(=O)c3ccccc3F)CC2)cc1. The van der Waals surface area contributed by atoms with Gasteiger partial charge in [-0.15, -0.1) is 11.8 Å². The van der Waals surface area contributed by atoms with E-state index in [0.29, 0.717) is 43.4 Å². The summed E-state index contributed by atoms with van der Waals surface area (Å²) >= 11 is 1.76. The van der Waals surface area contributed by atoms with E-state index in [2.05, 4.69) is 13.8 Å². The van der Waals surface area contributed by atoms with Gasteiger partial charge in [0, 0.05) is 41.9 Å². The highest BCUT2D eigenvalue weighted by molar-refractivity contribution is 7.99. The van der Waals surface area contributed by atoms with Gasteiger partial charge >= 0.3 is 0 Å². The Bertz CT molecular complexity index is 839. The molecule has 1 aliphatic rings. The Labute approximate surface area is 169 Å². The summed E-state index contributed by atoms with van der Waals surface area (Å²) in [5.41, 5.74) is 0.738. The second-order valence-corrected chi connectivity index (χ2v) is 8.76. The molecule has 1 aliphatic heterocycles. The van der Waals surface area contributed by atoms with E-state index in [1.807, 2.05) is 24.3 Å². The molecule has 1 fully saturated rings. The van der Waals surface area contributed by atoms with Crippen LogP contribution in [0.3, 0.4) is 0 Å². The number of carbonyl (C=O) groups excluding carboxylic acids is 2. The molecule has 2 aromatic rings. The molecule has 3 rings (SSSR count). The third-order valence-corrected chi connectivity index (χ3v) is 5.66. The number of carbonyl (C=O) groups is 2. The third kappa shape index (κ3) is 4.93. The summed E-state index contributed by atoms with van der Waals surface area (Å²) in [6, 6.07) is 13.7. The van der Waals surface area contributed by atoms with Gasteiger partial charge in [0.05, 0.1) is 5.56 Å². The first-order valence-corrected chi connectivity index (χ1v) is 10.4. The van der Waals surface area contributed by atoms with Crippen LogP contribution >= 0.6 is 11.8 Å². The number of amides is 2. The Morgan fingerprint density at radius 3 is 2.11 bits per heavy atom. The van der Waals surface area contributed by atoms with Gasteiger partial charge < -0.3 is 9.80 Å². The highest BCUT2D eigenvalue weighted by Gasteiger charge is 2.24. The predicted molar refractivity (Wildman–Crippen MR) is 110 cm³/mol.